The number of anilines is 3. The number of aliphatic hydroxyl groups excluding tert-OH is 1. The van der Waals surface area contributed by atoms with Crippen molar-refractivity contribution in [3.8, 4) is 11.5 Å². The van der Waals surface area contributed by atoms with E-state index in [1.165, 1.54) is 10.9 Å². The molecule has 2 aromatic carbocycles. The van der Waals surface area contributed by atoms with Crippen LogP contribution in [0.1, 0.15) is 29.3 Å². The van der Waals surface area contributed by atoms with Gasteiger partial charge in [-0.3, -0.25) is 4.98 Å². The molecule has 34 heavy (non-hydrogen) atoms. The molecule has 0 radical (unpaired) electrons. The highest BCUT2D eigenvalue weighted by Crippen LogP contribution is 2.38. The number of pyridine rings is 1. The average molecular weight is 457 g/mol. The molecule has 1 aliphatic heterocycles. The van der Waals surface area contributed by atoms with Crippen LogP contribution in [0.4, 0.5) is 17.1 Å². The third kappa shape index (κ3) is 3.62. The van der Waals surface area contributed by atoms with Crippen LogP contribution in [-0.4, -0.2) is 41.9 Å². The maximum atomic E-state index is 10.1. The molecular formula is C27H28N4O3. The Balaban J connectivity index is 1.20. The number of hydrogen-bond acceptors (Lipinski definition) is 6. The third-order valence-electron chi connectivity index (χ3n) is 6.90. The van der Waals surface area contributed by atoms with Crippen molar-refractivity contribution in [2.75, 3.05) is 37.0 Å². The van der Waals surface area contributed by atoms with Gasteiger partial charge in [-0.05, 0) is 54.7 Å². The standard InChI is InChI=1S/C27H28N4O3/c1-33-24-4-2-3-19-17(16-29-27(19)24)10-12-31-13-14-34-25-15-18(5-7-22(25)31)30-21-9-11-28-26-20(21)6-8-23(26)32/h2-5,7,9,11,15-16,23,29,32H,6,8,10,12-14H2,1H3,(H,28,30). The van der Waals surface area contributed by atoms with Crippen LogP contribution in [0, 0.1) is 0 Å². The Kier molecular flexibility index (Phi) is 5.26. The van der Waals surface area contributed by atoms with Crippen molar-refractivity contribution < 1.29 is 14.6 Å². The van der Waals surface area contributed by atoms with Gasteiger partial charge in [0, 0.05) is 41.8 Å². The van der Waals surface area contributed by atoms with Crippen molar-refractivity contribution in [2.45, 2.75) is 25.4 Å². The zero-order valence-corrected chi connectivity index (χ0v) is 19.2. The van der Waals surface area contributed by atoms with Crippen molar-refractivity contribution in [3.63, 3.8) is 0 Å². The molecule has 2 aliphatic rings. The van der Waals surface area contributed by atoms with Crippen LogP contribution in [0.25, 0.3) is 10.9 Å². The SMILES string of the molecule is COc1cccc2c(CCN3CCOc4cc(Nc5ccnc6c5CCC6O)ccc43)c[nH]c12. The summed E-state index contributed by atoms with van der Waals surface area (Å²) in [5, 5.41) is 14.9. The van der Waals surface area contributed by atoms with Gasteiger partial charge in [-0.1, -0.05) is 12.1 Å². The minimum Gasteiger partial charge on any atom is -0.495 e. The van der Waals surface area contributed by atoms with Crippen LogP contribution in [0.2, 0.25) is 0 Å². The summed E-state index contributed by atoms with van der Waals surface area (Å²) in [5.41, 5.74) is 7.32. The predicted octanol–water partition coefficient (Wildman–Crippen LogP) is 4.74. The molecule has 0 bridgehead atoms. The Morgan fingerprint density at radius 1 is 1.26 bits per heavy atom. The first-order valence-corrected chi connectivity index (χ1v) is 11.8. The molecule has 6 rings (SSSR count). The van der Waals surface area contributed by atoms with Crippen LogP contribution in [0.5, 0.6) is 11.5 Å². The van der Waals surface area contributed by atoms with E-state index in [-0.39, 0.29) is 0 Å². The summed E-state index contributed by atoms with van der Waals surface area (Å²) in [6, 6.07) is 14.4. The van der Waals surface area contributed by atoms with Gasteiger partial charge in [0.25, 0.3) is 0 Å². The maximum absolute atomic E-state index is 10.1. The highest BCUT2D eigenvalue weighted by atomic mass is 16.5. The Bertz CT molecular complexity index is 1350. The Hall–Kier alpha value is -3.71. The molecule has 1 unspecified atom stereocenters. The van der Waals surface area contributed by atoms with E-state index in [2.05, 4.69) is 50.6 Å². The minimum atomic E-state index is -0.463. The molecule has 7 heteroatoms. The summed E-state index contributed by atoms with van der Waals surface area (Å²) in [6.45, 7) is 2.43. The van der Waals surface area contributed by atoms with Gasteiger partial charge in [0.2, 0.25) is 0 Å². The Morgan fingerprint density at radius 2 is 2.21 bits per heavy atom. The van der Waals surface area contributed by atoms with Gasteiger partial charge in [-0.15, -0.1) is 0 Å². The predicted molar refractivity (Wildman–Crippen MR) is 134 cm³/mol. The summed E-state index contributed by atoms with van der Waals surface area (Å²) in [7, 11) is 1.70. The molecule has 3 N–H and O–H groups in total. The molecule has 174 valence electrons. The summed E-state index contributed by atoms with van der Waals surface area (Å²) >= 11 is 0. The van der Waals surface area contributed by atoms with E-state index in [9.17, 15) is 5.11 Å². The third-order valence-corrected chi connectivity index (χ3v) is 6.90. The number of rotatable bonds is 6. The van der Waals surface area contributed by atoms with E-state index in [0.29, 0.717) is 6.61 Å². The topological polar surface area (TPSA) is 82.6 Å². The normalized spacial score (nSPS) is 16.8. The van der Waals surface area contributed by atoms with Crippen LogP contribution in [0.15, 0.2) is 54.9 Å². The van der Waals surface area contributed by atoms with Gasteiger partial charge in [-0.25, -0.2) is 0 Å². The highest BCUT2D eigenvalue weighted by molar-refractivity contribution is 5.88. The molecule has 0 saturated carbocycles. The van der Waals surface area contributed by atoms with E-state index in [4.69, 9.17) is 9.47 Å². The summed E-state index contributed by atoms with van der Waals surface area (Å²) < 4.78 is 11.5. The lowest BCUT2D eigenvalue weighted by molar-refractivity contribution is 0.176. The molecular weight excluding hydrogens is 428 g/mol. The van der Waals surface area contributed by atoms with E-state index in [0.717, 1.165) is 77.7 Å². The van der Waals surface area contributed by atoms with Crippen LogP contribution < -0.4 is 19.7 Å². The molecule has 3 heterocycles. The first-order valence-electron chi connectivity index (χ1n) is 11.8. The monoisotopic (exact) mass is 456 g/mol. The second-order valence-electron chi connectivity index (χ2n) is 8.87. The number of benzene rings is 2. The quantitative estimate of drug-likeness (QED) is 0.389. The van der Waals surface area contributed by atoms with Gasteiger partial charge in [-0.2, -0.15) is 0 Å². The number of nitrogens with one attached hydrogen (secondary N) is 2. The van der Waals surface area contributed by atoms with Crippen LogP contribution in [-0.2, 0) is 12.8 Å². The molecule has 0 saturated heterocycles. The zero-order chi connectivity index (χ0) is 23.1. The number of hydrogen-bond donors (Lipinski definition) is 3. The fourth-order valence-corrected chi connectivity index (χ4v) is 5.15. The van der Waals surface area contributed by atoms with Crippen LogP contribution in [0.3, 0.4) is 0 Å². The first-order chi connectivity index (χ1) is 16.7. The number of fused-ring (bicyclic) bond motifs is 3. The lowest BCUT2D eigenvalue weighted by atomic mass is 10.1. The molecule has 4 aromatic rings. The lowest BCUT2D eigenvalue weighted by Crippen LogP contribution is -2.34. The molecule has 7 nitrogen and oxygen atoms in total. The molecule has 1 atom stereocenters. The van der Waals surface area contributed by atoms with Crippen LogP contribution >= 0.6 is 0 Å². The summed E-state index contributed by atoms with van der Waals surface area (Å²) in [4.78, 5) is 10.1. The number of aliphatic hydroxyl groups is 1. The fraction of sp³-hybridized carbons (Fsp3) is 0.296. The Morgan fingerprint density at radius 3 is 3.12 bits per heavy atom. The number of para-hydroxylation sites is 1. The summed E-state index contributed by atoms with van der Waals surface area (Å²) in [5.74, 6) is 1.76. The van der Waals surface area contributed by atoms with Crippen molar-refractivity contribution in [3.05, 3.63) is 71.7 Å². The molecule has 2 aromatic heterocycles. The first kappa shape index (κ1) is 20.9. The number of methoxy groups -OCH3 is 1. The smallest absolute Gasteiger partial charge is 0.144 e. The lowest BCUT2D eigenvalue weighted by Gasteiger charge is -2.31. The van der Waals surface area contributed by atoms with E-state index in [1.807, 2.05) is 18.2 Å². The zero-order valence-electron chi connectivity index (χ0n) is 19.2. The number of ether oxygens (including phenoxy) is 2. The number of nitrogens with zero attached hydrogens (tertiary/aromatic N) is 2. The van der Waals surface area contributed by atoms with Gasteiger partial charge in [0.1, 0.15) is 18.1 Å². The largest absolute Gasteiger partial charge is 0.495 e. The van der Waals surface area contributed by atoms with E-state index < -0.39 is 6.10 Å². The average Bonchev–Trinajstić information content (AvgIpc) is 3.46. The number of H-pyrrole nitrogens is 1. The van der Waals surface area contributed by atoms with Crippen molar-refractivity contribution in [1.29, 1.82) is 0 Å². The van der Waals surface area contributed by atoms with E-state index in [1.54, 1.807) is 13.3 Å². The van der Waals surface area contributed by atoms with Crippen molar-refractivity contribution in [2.24, 2.45) is 0 Å². The van der Waals surface area contributed by atoms with Gasteiger partial charge in [0.15, 0.2) is 0 Å². The minimum absolute atomic E-state index is 0.463. The van der Waals surface area contributed by atoms with Gasteiger partial charge < -0.3 is 29.8 Å². The van der Waals surface area contributed by atoms with Crippen molar-refractivity contribution >= 4 is 28.0 Å². The molecule has 0 spiro atoms. The maximum Gasteiger partial charge on any atom is 0.144 e. The molecule has 0 amide bonds. The fourth-order valence-electron chi connectivity index (χ4n) is 5.15. The summed E-state index contributed by atoms with van der Waals surface area (Å²) in [6.07, 6.45) is 5.88. The van der Waals surface area contributed by atoms with Gasteiger partial charge >= 0.3 is 0 Å². The number of aromatic nitrogens is 2. The highest BCUT2D eigenvalue weighted by Gasteiger charge is 2.25. The van der Waals surface area contributed by atoms with E-state index >= 15 is 0 Å². The number of aromatic amines is 1. The second kappa shape index (κ2) is 8.57. The molecule has 1 aliphatic carbocycles. The molecule has 0 fully saturated rings. The second-order valence-corrected chi connectivity index (χ2v) is 8.87. The van der Waals surface area contributed by atoms with Crippen molar-refractivity contribution in [1.82, 2.24) is 9.97 Å². The Labute approximate surface area is 198 Å². The van der Waals surface area contributed by atoms with Gasteiger partial charge in [0.05, 0.1) is 36.7 Å².